The van der Waals surface area contributed by atoms with Gasteiger partial charge in [0.2, 0.25) is 0 Å². The average molecular weight is 612 g/mol. The molecule has 1 heterocycles. The van der Waals surface area contributed by atoms with Gasteiger partial charge in [-0.25, -0.2) is 0 Å². The maximum Gasteiger partial charge on any atom is 0.0646 e. The zero-order chi connectivity index (χ0) is 32.9. The molecule has 234 valence electrons. The molecule has 5 aromatic carbocycles. The number of aliphatic imine (C=N–C) groups is 1. The minimum atomic E-state index is 0.115. The summed E-state index contributed by atoms with van der Waals surface area (Å²) in [5.74, 6) is 0. The van der Waals surface area contributed by atoms with Crippen LogP contribution < -0.4 is 0 Å². The molecular formula is C46H45N. The molecule has 0 amide bonds. The Balaban J connectivity index is 1.30. The summed E-state index contributed by atoms with van der Waals surface area (Å²) in [4.78, 5) is 5.06. The van der Waals surface area contributed by atoms with Gasteiger partial charge in [0.25, 0.3) is 0 Å². The van der Waals surface area contributed by atoms with Gasteiger partial charge in [0.05, 0.1) is 6.54 Å². The van der Waals surface area contributed by atoms with Crippen molar-refractivity contribution in [3.63, 3.8) is 0 Å². The third-order valence-electron chi connectivity index (χ3n) is 9.88. The van der Waals surface area contributed by atoms with Gasteiger partial charge in [-0.3, -0.25) is 4.99 Å². The molecule has 0 unspecified atom stereocenters. The van der Waals surface area contributed by atoms with Crippen molar-refractivity contribution < 1.29 is 0 Å². The van der Waals surface area contributed by atoms with Crippen LogP contribution in [0.15, 0.2) is 120 Å². The minimum absolute atomic E-state index is 0.115. The van der Waals surface area contributed by atoms with Crippen molar-refractivity contribution in [1.29, 1.82) is 0 Å². The molecule has 0 atom stereocenters. The fourth-order valence-electron chi connectivity index (χ4n) is 6.94. The van der Waals surface area contributed by atoms with E-state index in [2.05, 4.69) is 170 Å². The van der Waals surface area contributed by atoms with Crippen molar-refractivity contribution in [1.82, 2.24) is 0 Å². The maximum atomic E-state index is 5.06. The molecule has 1 heteroatoms. The van der Waals surface area contributed by atoms with E-state index in [-0.39, 0.29) is 10.8 Å². The number of rotatable bonds is 3. The largest absolute Gasteiger partial charge is 0.288 e. The van der Waals surface area contributed by atoms with Crippen molar-refractivity contribution >= 4 is 17.4 Å². The molecule has 0 radical (unpaired) electrons. The highest BCUT2D eigenvalue weighted by atomic mass is 14.7. The van der Waals surface area contributed by atoms with Crippen LogP contribution in [0.1, 0.15) is 87.4 Å². The Kier molecular flexibility index (Phi) is 7.75. The van der Waals surface area contributed by atoms with E-state index in [1.807, 2.05) is 0 Å². The first kappa shape index (κ1) is 30.9. The molecule has 0 fully saturated rings. The Bertz CT molecular complexity index is 1990. The maximum absolute atomic E-state index is 5.06. The molecule has 5 aromatic rings. The van der Waals surface area contributed by atoms with E-state index in [4.69, 9.17) is 4.99 Å². The summed E-state index contributed by atoms with van der Waals surface area (Å²) in [6, 6.07) is 38.8. The highest BCUT2D eigenvalue weighted by Gasteiger charge is 2.21. The van der Waals surface area contributed by atoms with Gasteiger partial charge in [-0.05, 0) is 132 Å². The number of fused-ring (bicyclic) bond motifs is 4. The van der Waals surface area contributed by atoms with E-state index in [0.29, 0.717) is 6.54 Å². The average Bonchev–Trinajstić information content (AvgIpc) is 3.45. The van der Waals surface area contributed by atoms with Gasteiger partial charge >= 0.3 is 0 Å². The van der Waals surface area contributed by atoms with Crippen LogP contribution in [0.4, 0.5) is 0 Å². The summed E-state index contributed by atoms with van der Waals surface area (Å²) in [5, 5.41) is 0. The zero-order valence-corrected chi connectivity index (χ0v) is 28.9. The molecule has 1 nitrogen and oxygen atoms in total. The van der Waals surface area contributed by atoms with E-state index in [9.17, 15) is 0 Å². The summed E-state index contributed by atoms with van der Waals surface area (Å²) in [5.41, 5.74) is 19.5. The predicted molar refractivity (Wildman–Crippen MR) is 203 cm³/mol. The lowest BCUT2D eigenvalue weighted by molar-refractivity contribution is 0.590. The Morgan fingerprint density at radius 2 is 1.04 bits per heavy atom. The van der Waals surface area contributed by atoms with Gasteiger partial charge in [-0.1, -0.05) is 133 Å². The molecule has 1 aliphatic heterocycles. The number of benzene rings is 5. The molecule has 2 aliphatic rings. The second-order valence-corrected chi connectivity index (χ2v) is 15.4. The zero-order valence-electron chi connectivity index (χ0n) is 28.9. The van der Waals surface area contributed by atoms with Crippen LogP contribution in [0.5, 0.6) is 0 Å². The summed E-state index contributed by atoms with van der Waals surface area (Å²) in [7, 11) is 0. The predicted octanol–water partition coefficient (Wildman–Crippen LogP) is 12.3. The van der Waals surface area contributed by atoms with Crippen LogP contribution in [-0.2, 0) is 23.8 Å². The quantitative estimate of drug-likeness (QED) is 0.189. The highest BCUT2D eigenvalue weighted by Crippen LogP contribution is 2.40. The minimum Gasteiger partial charge on any atom is -0.288 e. The smallest absolute Gasteiger partial charge is 0.0646 e. The van der Waals surface area contributed by atoms with Crippen molar-refractivity contribution in [2.24, 2.45) is 4.99 Å². The Morgan fingerprint density at radius 1 is 0.489 bits per heavy atom. The van der Waals surface area contributed by atoms with Gasteiger partial charge in [0, 0.05) is 6.21 Å². The van der Waals surface area contributed by atoms with Crippen LogP contribution in [-0.4, -0.2) is 6.21 Å². The van der Waals surface area contributed by atoms with Gasteiger partial charge in [0.15, 0.2) is 0 Å². The molecule has 1 aliphatic carbocycles. The SMILES string of the molecule is C/C1=C\C=C(\c2cc(-c3ccc(C(C)(C)C)cc3)cc(-c3ccc(C(C)(C)C)cc3)c2)C=NCc2cc3c(cc21)Cc1ccccc1-3. The lowest BCUT2D eigenvalue weighted by atomic mass is 9.85. The second-order valence-electron chi connectivity index (χ2n) is 15.4. The molecule has 0 saturated heterocycles. The molecule has 47 heavy (non-hydrogen) atoms. The van der Waals surface area contributed by atoms with E-state index in [1.54, 1.807) is 0 Å². The van der Waals surface area contributed by atoms with E-state index >= 15 is 0 Å². The number of allylic oxidation sites excluding steroid dienone is 4. The molecule has 0 saturated carbocycles. The first-order valence-electron chi connectivity index (χ1n) is 16.9. The number of nitrogens with zero attached hydrogens (tertiary/aromatic N) is 1. The van der Waals surface area contributed by atoms with Gasteiger partial charge in [0.1, 0.15) is 0 Å². The lowest BCUT2D eigenvalue weighted by Crippen LogP contribution is -2.10. The van der Waals surface area contributed by atoms with Crippen molar-refractivity contribution in [3.05, 3.63) is 154 Å². The second kappa shape index (κ2) is 11.8. The number of hydrogen-bond acceptors (Lipinski definition) is 1. The summed E-state index contributed by atoms with van der Waals surface area (Å²) in [6.45, 7) is 16.5. The van der Waals surface area contributed by atoms with Crippen molar-refractivity contribution in [3.8, 4) is 33.4 Å². The van der Waals surface area contributed by atoms with E-state index < -0.39 is 0 Å². The third-order valence-corrected chi connectivity index (χ3v) is 9.88. The molecule has 7 rings (SSSR count). The molecule has 0 spiro atoms. The van der Waals surface area contributed by atoms with Crippen molar-refractivity contribution in [2.75, 3.05) is 0 Å². The number of hydrogen-bond donors (Lipinski definition) is 0. The summed E-state index contributed by atoms with van der Waals surface area (Å²) >= 11 is 0. The van der Waals surface area contributed by atoms with Crippen LogP contribution >= 0.6 is 0 Å². The van der Waals surface area contributed by atoms with Crippen LogP contribution in [0.2, 0.25) is 0 Å². The van der Waals surface area contributed by atoms with Crippen LogP contribution in [0.3, 0.4) is 0 Å². The first-order valence-corrected chi connectivity index (χ1v) is 16.9. The lowest BCUT2D eigenvalue weighted by Gasteiger charge is -2.20. The fourth-order valence-corrected chi connectivity index (χ4v) is 6.94. The van der Waals surface area contributed by atoms with Gasteiger partial charge < -0.3 is 0 Å². The fraction of sp³-hybridized carbons (Fsp3) is 0.239. The van der Waals surface area contributed by atoms with E-state index in [1.165, 1.54) is 77.9 Å². The first-order chi connectivity index (χ1) is 22.4. The molecule has 0 aromatic heterocycles. The van der Waals surface area contributed by atoms with Crippen molar-refractivity contribution in [2.45, 2.75) is 72.3 Å². The van der Waals surface area contributed by atoms with Gasteiger partial charge in [-0.15, -0.1) is 0 Å². The summed E-state index contributed by atoms with van der Waals surface area (Å²) in [6.07, 6.45) is 7.61. The molecule has 0 bridgehead atoms. The Labute approximate surface area is 281 Å². The Morgan fingerprint density at radius 3 is 1.64 bits per heavy atom. The van der Waals surface area contributed by atoms with Crippen LogP contribution in [0.25, 0.3) is 44.5 Å². The summed E-state index contributed by atoms with van der Waals surface area (Å²) < 4.78 is 0. The molecular weight excluding hydrogens is 567 g/mol. The standard InChI is InChI=1S/C46H45N/c1-30-12-13-34(28-47-29-39-27-44-38(26-43(30)39)22-33-10-8-9-11-42(33)44)37-24-35(31-14-18-40(19-15-31)45(2,3)4)23-36(25-37)32-16-20-41(21-17-32)46(5,6)7/h8-21,23-28H,22,29H2,1-7H3/b30-12+,34-13+,47-28?. The van der Waals surface area contributed by atoms with Crippen LogP contribution in [0, 0.1) is 0 Å². The monoisotopic (exact) mass is 611 g/mol. The third kappa shape index (κ3) is 6.20. The highest BCUT2D eigenvalue weighted by molar-refractivity contribution is 6.11. The molecule has 0 N–H and O–H groups in total. The topological polar surface area (TPSA) is 12.4 Å². The van der Waals surface area contributed by atoms with E-state index in [0.717, 1.165) is 12.0 Å². The Hall–Kier alpha value is -4.75. The van der Waals surface area contributed by atoms with Gasteiger partial charge in [-0.2, -0.15) is 0 Å². The normalized spacial score (nSPS) is 16.5.